The van der Waals surface area contributed by atoms with Gasteiger partial charge in [0.05, 0.1) is 23.5 Å². The highest BCUT2D eigenvalue weighted by Gasteiger charge is 2.21. The molecule has 3 heterocycles. The Morgan fingerprint density at radius 2 is 1.82 bits per heavy atom. The van der Waals surface area contributed by atoms with Crippen LogP contribution in [0.2, 0.25) is 0 Å². The van der Waals surface area contributed by atoms with Crippen LogP contribution < -0.4 is 29.8 Å². The standard InChI is InChI=1S/C27H28N4O7/c1-5-6-24(32)28-7-8-30(2)27(34)38-23-10-16-15(9-20(23)35-4)18-13-29-19-12-22-21(36-14-37-22)11-17(19)25(18)31(3)26(16)33/h9-13H,5-8,14H2,1-4H3,(H,28,32). The first kappa shape index (κ1) is 25.1. The summed E-state index contributed by atoms with van der Waals surface area (Å²) in [5.74, 6) is 1.53. The average Bonchev–Trinajstić information content (AvgIpc) is 3.37. The summed E-state index contributed by atoms with van der Waals surface area (Å²) in [5.41, 5.74) is 1.08. The molecule has 0 radical (unpaired) electrons. The summed E-state index contributed by atoms with van der Waals surface area (Å²) in [6.07, 6.45) is 2.24. The van der Waals surface area contributed by atoms with Gasteiger partial charge in [-0.2, -0.15) is 0 Å². The molecule has 0 atom stereocenters. The van der Waals surface area contributed by atoms with E-state index in [0.29, 0.717) is 46.3 Å². The van der Waals surface area contributed by atoms with E-state index in [4.69, 9.17) is 18.9 Å². The predicted octanol–water partition coefficient (Wildman–Crippen LogP) is 3.32. The molecule has 0 aliphatic carbocycles. The number of hydrogen-bond donors (Lipinski definition) is 1. The van der Waals surface area contributed by atoms with Crippen LogP contribution >= 0.6 is 0 Å². The molecule has 0 bridgehead atoms. The number of amides is 2. The largest absolute Gasteiger partial charge is 0.493 e. The van der Waals surface area contributed by atoms with Crippen LogP contribution in [-0.2, 0) is 11.8 Å². The van der Waals surface area contributed by atoms with Crippen molar-refractivity contribution in [3.05, 3.63) is 40.8 Å². The van der Waals surface area contributed by atoms with Crippen molar-refractivity contribution < 1.29 is 28.5 Å². The second-order valence-corrected chi connectivity index (χ2v) is 9.05. The first-order chi connectivity index (χ1) is 18.3. The van der Waals surface area contributed by atoms with E-state index in [2.05, 4.69) is 10.3 Å². The molecule has 11 heteroatoms. The fourth-order valence-electron chi connectivity index (χ4n) is 4.55. The normalized spacial score (nSPS) is 12.2. The molecule has 4 aromatic rings. The Morgan fingerprint density at radius 3 is 2.55 bits per heavy atom. The van der Waals surface area contributed by atoms with E-state index >= 15 is 0 Å². The van der Waals surface area contributed by atoms with Crippen LogP contribution in [0.1, 0.15) is 19.8 Å². The Kier molecular flexibility index (Phi) is 6.66. The van der Waals surface area contributed by atoms with E-state index in [1.54, 1.807) is 37.0 Å². The summed E-state index contributed by atoms with van der Waals surface area (Å²) >= 11 is 0. The molecule has 2 amide bonds. The lowest BCUT2D eigenvalue weighted by molar-refractivity contribution is -0.121. The van der Waals surface area contributed by atoms with Crippen molar-refractivity contribution >= 4 is 44.6 Å². The lowest BCUT2D eigenvalue weighted by Crippen LogP contribution is -2.37. The molecule has 2 aromatic carbocycles. The van der Waals surface area contributed by atoms with Crippen LogP contribution in [0.4, 0.5) is 4.79 Å². The van der Waals surface area contributed by atoms with Gasteiger partial charge in [-0.1, -0.05) is 6.92 Å². The van der Waals surface area contributed by atoms with Gasteiger partial charge in [-0.25, -0.2) is 4.79 Å². The highest BCUT2D eigenvalue weighted by Crippen LogP contribution is 2.40. The van der Waals surface area contributed by atoms with Gasteiger partial charge in [-0.15, -0.1) is 0 Å². The summed E-state index contributed by atoms with van der Waals surface area (Å²) in [6, 6.07) is 6.80. The van der Waals surface area contributed by atoms with E-state index in [0.717, 1.165) is 17.2 Å². The number of fused-ring (bicyclic) bond motifs is 6. The third-order valence-corrected chi connectivity index (χ3v) is 6.55. The number of nitrogens with zero attached hydrogens (tertiary/aromatic N) is 3. The lowest BCUT2D eigenvalue weighted by Gasteiger charge is -2.19. The van der Waals surface area contributed by atoms with Crippen molar-refractivity contribution in [1.29, 1.82) is 0 Å². The molecule has 0 saturated heterocycles. The van der Waals surface area contributed by atoms with Crippen LogP contribution in [0, 0.1) is 0 Å². The maximum Gasteiger partial charge on any atom is 0.415 e. The Labute approximate surface area is 217 Å². The molecule has 0 spiro atoms. The number of methoxy groups -OCH3 is 1. The van der Waals surface area contributed by atoms with Crippen LogP contribution in [0.5, 0.6) is 23.0 Å². The first-order valence-corrected chi connectivity index (χ1v) is 12.2. The van der Waals surface area contributed by atoms with Crippen molar-refractivity contribution in [2.75, 3.05) is 34.0 Å². The van der Waals surface area contributed by atoms with E-state index < -0.39 is 6.09 Å². The van der Waals surface area contributed by atoms with Gasteiger partial charge in [-0.3, -0.25) is 14.6 Å². The summed E-state index contributed by atoms with van der Waals surface area (Å²) in [6.45, 7) is 2.61. The Morgan fingerprint density at radius 1 is 1.08 bits per heavy atom. The van der Waals surface area contributed by atoms with E-state index in [-0.39, 0.29) is 36.3 Å². The number of nitrogens with one attached hydrogen (secondary N) is 1. The van der Waals surface area contributed by atoms with Gasteiger partial charge in [0.15, 0.2) is 23.0 Å². The zero-order valence-corrected chi connectivity index (χ0v) is 21.6. The maximum absolute atomic E-state index is 13.5. The highest BCUT2D eigenvalue weighted by atomic mass is 16.7. The molecule has 5 rings (SSSR count). The number of benzene rings is 2. The molecular formula is C27H28N4O7. The second kappa shape index (κ2) is 10.1. The van der Waals surface area contributed by atoms with E-state index in [1.165, 1.54) is 18.1 Å². The third-order valence-electron chi connectivity index (χ3n) is 6.55. The minimum atomic E-state index is -0.645. The topological polar surface area (TPSA) is 121 Å². The molecule has 0 fully saturated rings. The predicted molar refractivity (Wildman–Crippen MR) is 141 cm³/mol. The van der Waals surface area contributed by atoms with Crippen molar-refractivity contribution in [1.82, 2.24) is 19.8 Å². The Bertz CT molecular complexity index is 1650. The van der Waals surface area contributed by atoms with Gasteiger partial charge in [-0.05, 0) is 24.6 Å². The fraction of sp³-hybridized carbons (Fsp3) is 0.333. The third kappa shape index (κ3) is 4.40. The summed E-state index contributed by atoms with van der Waals surface area (Å²) < 4.78 is 23.7. The molecule has 38 heavy (non-hydrogen) atoms. The number of aromatic nitrogens is 2. The molecule has 1 N–H and O–H groups in total. The molecule has 11 nitrogen and oxygen atoms in total. The fourth-order valence-corrected chi connectivity index (χ4v) is 4.55. The van der Waals surface area contributed by atoms with Crippen LogP contribution in [0.3, 0.4) is 0 Å². The van der Waals surface area contributed by atoms with Gasteiger partial charge >= 0.3 is 6.09 Å². The van der Waals surface area contributed by atoms with Crippen molar-refractivity contribution in [2.24, 2.45) is 7.05 Å². The number of likely N-dealkylation sites (N-methyl/N-ethyl adjacent to an activating group) is 1. The van der Waals surface area contributed by atoms with Crippen molar-refractivity contribution in [2.45, 2.75) is 19.8 Å². The van der Waals surface area contributed by atoms with Gasteiger partial charge in [0.1, 0.15) is 0 Å². The van der Waals surface area contributed by atoms with Gasteiger partial charge in [0, 0.05) is 62.0 Å². The van der Waals surface area contributed by atoms with Crippen LogP contribution in [-0.4, -0.2) is 60.5 Å². The highest BCUT2D eigenvalue weighted by molar-refractivity contribution is 6.15. The molecule has 0 saturated carbocycles. The quantitative estimate of drug-likeness (QED) is 0.369. The van der Waals surface area contributed by atoms with Crippen molar-refractivity contribution in [3.63, 3.8) is 0 Å². The Hall–Kier alpha value is -4.54. The first-order valence-electron chi connectivity index (χ1n) is 12.2. The molecule has 1 aliphatic heterocycles. The molecule has 1 aliphatic rings. The number of carbonyl (C=O) groups excluding carboxylic acids is 2. The number of aryl methyl sites for hydroxylation is 1. The summed E-state index contributed by atoms with van der Waals surface area (Å²) in [4.78, 5) is 43.8. The van der Waals surface area contributed by atoms with E-state index in [9.17, 15) is 14.4 Å². The number of carbonyl (C=O) groups is 2. The second-order valence-electron chi connectivity index (χ2n) is 9.05. The number of hydrogen-bond acceptors (Lipinski definition) is 8. The van der Waals surface area contributed by atoms with Gasteiger partial charge in [0.2, 0.25) is 12.7 Å². The maximum atomic E-state index is 13.5. The minimum Gasteiger partial charge on any atom is -0.493 e. The average molecular weight is 521 g/mol. The van der Waals surface area contributed by atoms with Gasteiger partial charge < -0.3 is 33.7 Å². The summed E-state index contributed by atoms with van der Waals surface area (Å²) in [7, 11) is 4.71. The SMILES string of the molecule is CCCC(=O)NCCN(C)C(=O)Oc1cc2c(=O)n(C)c3c4cc5c(cc4ncc3c2cc1OC)OCO5. The van der Waals surface area contributed by atoms with Crippen molar-refractivity contribution in [3.8, 4) is 23.0 Å². The Balaban J connectivity index is 1.52. The van der Waals surface area contributed by atoms with Crippen LogP contribution in [0.25, 0.3) is 32.6 Å². The molecule has 0 unspecified atom stereocenters. The molecular weight excluding hydrogens is 492 g/mol. The minimum absolute atomic E-state index is 0.0685. The van der Waals surface area contributed by atoms with E-state index in [1.807, 2.05) is 13.0 Å². The summed E-state index contributed by atoms with van der Waals surface area (Å²) in [5, 5.41) is 5.19. The number of ether oxygens (including phenoxy) is 4. The smallest absolute Gasteiger partial charge is 0.415 e. The monoisotopic (exact) mass is 520 g/mol. The number of rotatable bonds is 7. The lowest BCUT2D eigenvalue weighted by atomic mass is 10.0. The zero-order chi connectivity index (χ0) is 27.0. The molecule has 198 valence electrons. The van der Waals surface area contributed by atoms with Crippen LogP contribution in [0.15, 0.2) is 35.3 Å². The number of pyridine rings is 2. The molecule has 2 aromatic heterocycles. The van der Waals surface area contributed by atoms with Gasteiger partial charge in [0.25, 0.3) is 5.56 Å². The zero-order valence-electron chi connectivity index (χ0n) is 21.6.